The maximum Gasteiger partial charge on any atom is 0.416 e. The van der Waals surface area contributed by atoms with Gasteiger partial charge in [-0.2, -0.15) is 17.9 Å². The molecule has 3 aromatic rings. The molecule has 148 valence electrons. The summed E-state index contributed by atoms with van der Waals surface area (Å²) in [7, 11) is 1.33. The number of carbonyl (C=O) groups is 1. The van der Waals surface area contributed by atoms with Crippen molar-refractivity contribution < 1.29 is 26.7 Å². The van der Waals surface area contributed by atoms with Crippen LogP contribution >= 0.6 is 0 Å². The average Bonchev–Trinajstić information content (AvgIpc) is 3.01. The number of imidazole rings is 1. The van der Waals surface area contributed by atoms with Gasteiger partial charge in [-0.05, 0) is 18.2 Å². The first-order valence-electron chi connectivity index (χ1n) is 7.23. The van der Waals surface area contributed by atoms with Gasteiger partial charge >= 0.3 is 11.9 Å². The number of hydrogen-bond acceptors (Lipinski definition) is 7. The van der Waals surface area contributed by atoms with Crippen molar-refractivity contribution in [3.05, 3.63) is 46.3 Å². The van der Waals surface area contributed by atoms with Gasteiger partial charge in [0.1, 0.15) is 6.33 Å². The van der Waals surface area contributed by atoms with E-state index in [-0.39, 0.29) is 17.0 Å². The first-order chi connectivity index (χ1) is 13.1. The minimum atomic E-state index is -4.79. The van der Waals surface area contributed by atoms with E-state index in [0.29, 0.717) is 12.1 Å². The Morgan fingerprint density at radius 2 is 1.93 bits per heavy atom. The Kier molecular flexibility index (Phi) is 4.86. The third kappa shape index (κ3) is 3.84. The number of anilines is 2. The lowest BCUT2D eigenvalue weighted by Gasteiger charge is -2.15. The lowest BCUT2D eigenvalue weighted by molar-refractivity contribution is -0.137. The predicted octanol–water partition coefficient (Wildman–Crippen LogP) is 0.300. The number of hydrogen-bond donors (Lipinski definition) is 2. The Morgan fingerprint density at radius 3 is 2.57 bits per heavy atom. The first kappa shape index (κ1) is 19.4. The number of nitrogens with zero attached hydrogens (tertiary/aromatic N) is 5. The molecule has 1 amide bonds. The summed E-state index contributed by atoms with van der Waals surface area (Å²) in [6, 6.07) is 2.15. The van der Waals surface area contributed by atoms with Crippen LogP contribution in [-0.2, 0) is 24.5 Å². The molecule has 2 heterocycles. The molecule has 0 fully saturated rings. The van der Waals surface area contributed by atoms with Crippen LogP contribution in [0.5, 0.6) is 0 Å². The van der Waals surface area contributed by atoms with Crippen LogP contribution in [0.4, 0.5) is 24.5 Å². The summed E-state index contributed by atoms with van der Waals surface area (Å²) < 4.78 is 64.1. The van der Waals surface area contributed by atoms with Gasteiger partial charge in [-0.25, -0.2) is 14.2 Å². The number of amides is 1. The molecule has 0 aliphatic rings. The fourth-order valence-electron chi connectivity index (χ4n) is 2.25. The van der Waals surface area contributed by atoms with Crippen molar-refractivity contribution in [2.75, 3.05) is 10.0 Å². The van der Waals surface area contributed by atoms with Gasteiger partial charge in [-0.1, -0.05) is 5.21 Å². The van der Waals surface area contributed by atoms with Crippen molar-refractivity contribution in [2.24, 2.45) is 7.05 Å². The zero-order valence-corrected chi connectivity index (χ0v) is 14.5. The molecule has 0 bridgehead atoms. The van der Waals surface area contributed by atoms with Gasteiger partial charge < -0.3 is 14.6 Å². The number of alkyl halides is 3. The van der Waals surface area contributed by atoms with Crippen molar-refractivity contribution in [3.63, 3.8) is 0 Å². The third-order valence-corrected chi connectivity index (χ3v) is 3.84. The summed E-state index contributed by atoms with van der Waals surface area (Å²) in [4.78, 5) is 28.0. The van der Waals surface area contributed by atoms with Gasteiger partial charge in [0.25, 0.3) is 5.91 Å². The summed E-state index contributed by atoms with van der Waals surface area (Å²) in [6.07, 6.45) is -3.78. The van der Waals surface area contributed by atoms with E-state index in [1.54, 1.807) is 4.72 Å². The fourth-order valence-corrected chi connectivity index (χ4v) is 2.56. The molecule has 1 aromatic carbocycles. The molecule has 2 N–H and O–H groups in total. The molecule has 15 heteroatoms. The number of nitrogens with one attached hydrogen (secondary N) is 2. The van der Waals surface area contributed by atoms with E-state index in [2.05, 4.69) is 20.6 Å². The number of carbonyl (C=O) groups excluding carboxylic acids is 1. The molecule has 2 aromatic heterocycles. The summed E-state index contributed by atoms with van der Waals surface area (Å²) in [5.41, 5.74) is -3.16. The highest BCUT2D eigenvalue weighted by molar-refractivity contribution is 7.80. The van der Waals surface area contributed by atoms with Gasteiger partial charge in [0.05, 0.1) is 5.56 Å². The molecule has 0 saturated heterocycles. The van der Waals surface area contributed by atoms with Gasteiger partial charge in [-0.3, -0.25) is 9.00 Å². The Labute approximate surface area is 155 Å². The number of halogens is 3. The molecule has 0 radical (unpaired) electrons. The first-order valence-corrected chi connectivity index (χ1v) is 8.30. The quantitative estimate of drug-likeness (QED) is 0.582. The van der Waals surface area contributed by atoms with E-state index in [1.807, 2.05) is 0 Å². The van der Waals surface area contributed by atoms with Crippen LogP contribution < -0.4 is 15.7 Å². The zero-order chi connectivity index (χ0) is 20.6. The van der Waals surface area contributed by atoms with Gasteiger partial charge in [0, 0.05) is 29.7 Å². The molecule has 28 heavy (non-hydrogen) atoms. The van der Waals surface area contributed by atoms with Crippen LogP contribution in [0.1, 0.15) is 16.1 Å². The van der Waals surface area contributed by atoms with Crippen LogP contribution in [0.15, 0.2) is 29.3 Å². The number of benzene rings is 1. The topological polar surface area (TPSA) is 146 Å². The number of aryl methyl sites for hydroxylation is 1. The second-order valence-electron chi connectivity index (χ2n) is 5.37. The average molecular weight is 416 g/mol. The normalized spacial score (nSPS) is 12.8. The van der Waals surface area contributed by atoms with Crippen molar-refractivity contribution in [2.45, 2.75) is 6.18 Å². The van der Waals surface area contributed by atoms with E-state index in [9.17, 15) is 31.5 Å². The Balaban J connectivity index is 1.99. The lowest BCUT2D eigenvalue weighted by atomic mass is 10.1. The SMILES string of the molecule is Cn1nnc2c(C(=O)Nc3cc(NS(=O)[O-])cc(C(F)(F)F)c3)ncn2c1=O. The molecule has 3 rings (SSSR count). The summed E-state index contributed by atoms with van der Waals surface area (Å²) in [5, 5.41) is 9.33. The minimum Gasteiger partial charge on any atom is -0.755 e. The highest BCUT2D eigenvalue weighted by atomic mass is 32.2. The second kappa shape index (κ2) is 7.01. The summed E-state index contributed by atoms with van der Waals surface area (Å²) in [5.74, 6) is -0.974. The minimum absolute atomic E-state index is 0.202. The molecule has 11 nitrogen and oxygen atoms in total. The Hall–Kier alpha value is -3.33. The smallest absolute Gasteiger partial charge is 0.416 e. The van der Waals surface area contributed by atoms with Crippen molar-refractivity contribution in [1.82, 2.24) is 24.4 Å². The molecule has 0 aliphatic carbocycles. The largest absolute Gasteiger partial charge is 0.755 e. The maximum absolute atomic E-state index is 13.0. The second-order valence-corrected chi connectivity index (χ2v) is 6.04. The van der Waals surface area contributed by atoms with Crippen molar-refractivity contribution in [3.8, 4) is 0 Å². The van der Waals surface area contributed by atoms with E-state index in [1.165, 1.54) is 7.05 Å². The van der Waals surface area contributed by atoms with Crippen LogP contribution in [0.25, 0.3) is 5.65 Å². The lowest BCUT2D eigenvalue weighted by Crippen LogP contribution is -2.27. The molecule has 0 spiro atoms. The number of aromatic nitrogens is 5. The third-order valence-electron chi connectivity index (χ3n) is 3.43. The fraction of sp³-hybridized carbons (Fsp3) is 0.154. The maximum atomic E-state index is 13.0. The van der Waals surface area contributed by atoms with E-state index < -0.39 is 40.3 Å². The van der Waals surface area contributed by atoms with Gasteiger partial charge in [0.15, 0.2) is 11.3 Å². The van der Waals surface area contributed by atoms with Crippen LogP contribution in [-0.4, -0.2) is 39.0 Å². The number of fused-ring (bicyclic) bond motifs is 1. The monoisotopic (exact) mass is 416 g/mol. The van der Waals surface area contributed by atoms with Crippen LogP contribution in [0.3, 0.4) is 0 Å². The van der Waals surface area contributed by atoms with Crippen LogP contribution in [0, 0.1) is 0 Å². The van der Waals surface area contributed by atoms with Crippen molar-refractivity contribution in [1.29, 1.82) is 0 Å². The predicted molar refractivity (Wildman–Crippen MR) is 88.0 cm³/mol. The van der Waals surface area contributed by atoms with Gasteiger partial charge in [0.2, 0.25) is 0 Å². The highest BCUT2D eigenvalue weighted by Gasteiger charge is 2.31. The Bertz CT molecular complexity index is 1160. The summed E-state index contributed by atoms with van der Waals surface area (Å²) >= 11 is -2.88. The molecule has 1 atom stereocenters. The molecule has 0 saturated carbocycles. The van der Waals surface area contributed by atoms with E-state index >= 15 is 0 Å². The Morgan fingerprint density at radius 1 is 1.25 bits per heavy atom. The molecular weight excluding hydrogens is 407 g/mol. The highest BCUT2D eigenvalue weighted by Crippen LogP contribution is 2.33. The molecule has 1 unspecified atom stereocenters. The number of rotatable bonds is 4. The van der Waals surface area contributed by atoms with Crippen LogP contribution in [0.2, 0.25) is 0 Å². The zero-order valence-electron chi connectivity index (χ0n) is 13.7. The molecular formula is C13H9F3N7O4S-. The van der Waals surface area contributed by atoms with E-state index in [4.69, 9.17) is 0 Å². The summed E-state index contributed by atoms with van der Waals surface area (Å²) in [6.45, 7) is 0. The van der Waals surface area contributed by atoms with Gasteiger partial charge in [-0.15, -0.1) is 5.10 Å². The molecule has 0 aliphatic heterocycles. The van der Waals surface area contributed by atoms with Crippen molar-refractivity contribution >= 4 is 34.2 Å². The van der Waals surface area contributed by atoms with E-state index in [0.717, 1.165) is 21.5 Å². The standard InChI is InChI=1S/C13H10F3N7O4S/c1-22-12(25)23-5-17-9(10(23)19-21-22)11(24)18-7-2-6(13(14,15)16)3-8(4-7)20-28(26)27/h2-5,20H,1H3,(H,18,24)(H,26,27)/p-1.